The van der Waals surface area contributed by atoms with Crippen LogP contribution in [0.3, 0.4) is 0 Å². The summed E-state index contributed by atoms with van der Waals surface area (Å²) < 4.78 is 1.96. The molecular formula is C20H30IN7O. The molecule has 8 nitrogen and oxygen atoms in total. The first-order valence-electron chi connectivity index (χ1n) is 9.72. The predicted molar refractivity (Wildman–Crippen MR) is 125 cm³/mol. The van der Waals surface area contributed by atoms with E-state index in [1.807, 2.05) is 37.0 Å². The average Bonchev–Trinajstić information content (AvgIpc) is 3.16. The third-order valence-corrected chi connectivity index (χ3v) is 5.21. The molecule has 0 spiro atoms. The number of nitrogens with zero attached hydrogens (tertiary/aromatic N) is 5. The molecule has 9 heteroatoms. The van der Waals surface area contributed by atoms with Crippen molar-refractivity contribution in [1.29, 1.82) is 0 Å². The molecular weight excluding hydrogens is 481 g/mol. The number of aryl methyl sites for hydroxylation is 1. The highest BCUT2D eigenvalue weighted by atomic mass is 127. The molecule has 29 heavy (non-hydrogen) atoms. The first-order chi connectivity index (χ1) is 13.6. The van der Waals surface area contributed by atoms with Crippen molar-refractivity contribution < 1.29 is 4.79 Å². The first kappa shape index (κ1) is 23.1. The average molecular weight is 511 g/mol. The fourth-order valence-corrected chi connectivity index (χ4v) is 3.51. The highest BCUT2D eigenvalue weighted by molar-refractivity contribution is 14.0. The van der Waals surface area contributed by atoms with Crippen LogP contribution in [0.5, 0.6) is 0 Å². The van der Waals surface area contributed by atoms with Crippen molar-refractivity contribution in [2.24, 2.45) is 10.9 Å². The first-order valence-corrected chi connectivity index (χ1v) is 9.72. The zero-order valence-electron chi connectivity index (χ0n) is 17.3. The molecule has 0 radical (unpaired) electrons. The summed E-state index contributed by atoms with van der Waals surface area (Å²) in [6, 6.07) is 4.07. The number of hydrogen-bond donors (Lipinski definition) is 2. The number of nitrogens with one attached hydrogen (secondary N) is 2. The Hall–Kier alpha value is -2.17. The molecule has 2 aromatic rings. The smallest absolute Gasteiger partial charge is 0.220 e. The highest BCUT2D eigenvalue weighted by Gasteiger charge is 2.23. The quantitative estimate of drug-likeness (QED) is 0.365. The molecule has 1 amide bonds. The molecule has 3 heterocycles. The Morgan fingerprint density at radius 1 is 1.28 bits per heavy atom. The summed E-state index contributed by atoms with van der Waals surface area (Å²) in [6.07, 6.45) is 8.19. The van der Waals surface area contributed by atoms with Crippen molar-refractivity contribution in [2.45, 2.75) is 32.7 Å². The number of likely N-dealkylation sites (tertiary alicyclic amines) is 1. The summed E-state index contributed by atoms with van der Waals surface area (Å²) in [4.78, 5) is 27.0. The van der Waals surface area contributed by atoms with Crippen LogP contribution in [-0.2, 0) is 11.3 Å². The van der Waals surface area contributed by atoms with Crippen LogP contribution in [0.15, 0.2) is 35.7 Å². The van der Waals surface area contributed by atoms with Gasteiger partial charge >= 0.3 is 0 Å². The van der Waals surface area contributed by atoms with E-state index in [2.05, 4.69) is 36.6 Å². The number of guanidine groups is 1. The Labute approximate surface area is 189 Å². The fraction of sp³-hybridized carbons (Fsp3) is 0.500. The van der Waals surface area contributed by atoms with Crippen LogP contribution in [0, 0.1) is 12.8 Å². The molecule has 0 saturated carbocycles. The maximum absolute atomic E-state index is 11.6. The lowest BCUT2D eigenvalue weighted by molar-refractivity contribution is -0.121. The third kappa shape index (κ3) is 6.15. The minimum atomic E-state index is 0. The number of carbonyl (C=O) groups excluding carboxylic acids is 1. The van der Waals surface area contributed by atoms with Gasteiger partial charge in [-0.15, -0.1) is 24.0 Å². The number of piperidine rings is 1. The van der Waals surface area contributed by atoms with Gasteiger partial charge in [-0.25, -0.2) is 9.97 Å². The molecule has 0 aromatic carbocycles. The molecule has 0 bridgehead atoms. The zero-order chi connectivity index (χ0) is 19.9. The van der Waals surface area contributed by atoms with E-state index in [4.69, 9.17) is 0 Å². The number of aromatic nitrogens is 3. The van der Waals surface area contributed by atoms with Gasteiger partial charge in [-0.05, 0) is 37.3 Å². The van der Waals surface area contributed by atoms with E-state index >= 15 is 0 Å². The van der Waals surface area contributed by atoms with E-state index in [0.29, 0.717) is 18.9 Å². The number of halogens is 1. The SMILES string of the molecule is CN=C(NCc1ccc(-n2ccnc2C)nc1)N1CCC(CC(=O)NC)CC1.I. The second-order valence-corrected chi connectivity index (χ2v) is 7.08. The molecule has 158 valence electrons. The molecule has 2 aromatic heterocycles. The summed E-state index contributed by atoms with van der Waals surface area (Å²) in [5.41, 5.74) is 1.09. The van der Waals surface area contributed by atoms with Crippen molar-refractivity contribution in [1.82, 2.24) is 30.1 Å². The van der Waals surface area contributed by atoms with Crippen molar-refractivity contribution >= 4 is 35.8 Å². The molecule has 1 aliphatic rings. The Bertz CT molecular complexity index is 810. The Morgan fingerprint density at radius 2 is 2.03 bits per heavy atom. The van der Waals surface area contributed by atoms with Gasteiger partial charge in [0.1, 0.15) is 11.6 Å². The molecule has 2 N–H and O–H groups in total. The summed E-state index contributed by atoms with van der Waals surface area (Å²) in [5, 5.41) is 6.14. The third-order valence-electron chi connectivity index (χ3n) is 5.21. The summed E-state index contributed by atoms with van der Waals surface area (Å²) in [7, 11) is 3.50. The number of pyridine rings is 1. The van der Waals surface area contributed by atoms with Gasteiger partial charge in [0, 0.05) is 58.7 Å². The summed E-state index contributed by atoms with van der Waals surface area (Å²) in [6.45, 7) is 4.46. The molecule has 0 unspecified atom stereocenters. The van der Waals surface area contributed by atoms with Crippen LogP contribution in [0.25, 0.3) is 5.82 Å². The zero-order valence-corrected chi connectivity index (χ0v) is 19.6. The number of rotatable bonds is 5. The monoisotopic (exact) mass is 511 g/mol. The van der Waals surface area contributed by atoms with Crippen LogP contribution in [0.4, 0.5) is 0 Å². The van der Waals surface area contributed by atoms with Gasteiger partial charge in [0.15, 0.2) is 5.96 Å². The van der Waals surface area contributed by atoms with Gasteiger partial charge in [-0.1, -0.05) is 6.07 Å². The lowest BCUT2D eigenvalue weighted by Crippen LogP contribution is -2.45. The topological polar surface area (TPSA) is 87.4 Å². The van der Waals surface area contributed by atoms with Crippen molar-refractivity contribution in [3.05, 3.63) is 42.1 Å². The van der Waals surface area contributed by atoms with Crippen molar-refractivity contribution in [2.75, 3.05) is 27.2 Å². The minimum absolute atomic E-state index is 0. The van der Waals surface area contributed by atoms with E-state index < -0.39 is 0 Å². The van der Waals surface area contributed by atoms with Gasteiger partial charge in [-0.3, -0.25) is 14.4 Å². The molecule has 1 aliphatic heterocycles. The predicted octanol–water partition coefficient (Wildman–Crippen LogP) is 2.12. The van der Waals surface area contributed by atoms with E-state index in [1.165, 1.54) is 0 Å². The van der Waals surface area contributed by atoms with Crippen LogP contribution in [0.1, 0.15) is 30.7 Å². The highest BCUT2D eigenvalue weighted by Crippen LogP contribution is 2.20. The number of carbonyl (C=O) groups is 1. The van der Waals surface area contributed by atoms with Gasteiger partial charge in [0.25, 0.3) is 0 Å². The lowest BCUT2D eigenvalue weighted by atomic mass is 9.93. The number of hydrogen-bond acceptors (Lipinski definition) is 4. The van der Waals surface area contributed by atoms with E-state index in [9.17, 15) is 4.79 Å². The number of aliphatic imine (C=N–C) groups is 1. The molecule has 3 rings (SSSR count). The molecule has 1 saturated heterocycles. The Balaban J connectivity index is 0.00000300. The van der Waals surface area contributed by atoms with Crippen LogP contribution in [0.2, 0.25) is 0 Å². The fourth-order valence-electron chi connectivity index (χ4n) is 3.51. The van der Waals surface area contributed by atoms with Crippen LogP contribution in [-0.4, -0.2) is 58.5 Å². The standard InChI is InChI=1S/C20H29N7O.HI/c1-15-23-8-11-27(15)18-5-4-17(13-24-18)14-25-20(22-3)26-9-6-16(7-10-26)12-19(28)21-2;/h4-5,8,11,13,16H,6-7,9-10,12,14H2,1-3H3,(H,21,28)(H,22,25);1H. The minimum Gasteiger partial charge on any atom is -0.359 e. The number of amides is 1. The van der Waals surface area contributed by atoms with Crippen molar-refractivity contribution in [3.63, 3.8) is 0 Å². The lowest BCUT2D eigenvalue weighted by Gasteiger charge is -2.34. The largest absolute Gasteiger partial charge is 0.359 e. The molecule has 1 fully saturated rings. The van der Waals surface area contributed by atoms with Crippen LogP contribution >= 0.6 is 24.0 Å². The van der Waals surface area contributed by atoms with Gasteiger partial charge in [0.2, 0.25) is 5.91 Å². The van der Waals surface area contributed by atoms with E-state index in [1.54, 1.807) is 13.2 Å². The number of imidazole rings is 1. The molecule has 0 atom stereocenters. The van der Waals surface area contributed by atoms with Gasteiger partial charge in [0.05, 0.1) is 0 Å². The van der Waals surface area contributed by atoms with Gasteiger partial charge in [-0.2, -0.15) is 0 Å². The Morgan fingerprint density at radius 3 is 2.59 bits per heavy atom. The summed E-state index contributed by atoms with van der Waals surface area (Å²) in [5.74, 6) is 3.26. The van der Waals surface area contributed by atoms with Crippen LogP contribution < -0.4 is 10.6 Å². The summed E-state index contributed by atoms with van der Waals surface area (Å²) >= 11 is 0. The second kappa shape index (κ2) is 11.1. The second-order valence-electron chi connectivity index (χ2n) is 7.08. The van der Waals surface area contributed by atoms with E-state index in [-0.39, 0.29) is 29.9 Å². The van der Waals surface area contributed by atoms with Crippen molar-refractivity contribution in [3.8, 4) is 5.82 Å². The Kier molecular flexibility index (Phi) is 8.87. The maximum Gasteiger partial charge on any atom is 0.220 e. The maximum atomic E-state index is 11.6. The van der Waals surface area contributed by atoms with Gasteiger partial charge < -0.3 is 15.5 Å². The van der Waals surface area contributed by atoms with E-state index in [0.717, 1.165) is 49.1 Å². The normalized spacial score (nSPS) is 15.0. The molecule has 0 aliphatic carbocycles.